The van der Waals surface area contributed by atoms with Gasteiger partial charge in [-0.05, 0) is 65.1 Å². The van der Waals surface area contributed by atoms with Crippen molar-refractivity contribution in [2.75, 3.05) is 13.8 Å². The van der Waals surface area contributed by atoms with E-state index in [1.54, 1.807) is 0 Å². The first kappa shape index (κ1) is 20.4. The third-order valence-electron chi connectivity index (χ3n) is 4.69. The van der Waals surface area contributed by atoms with Gasteiger partial charge in [0.2, 0.25) is 0 Å². The van der Waals surface area contributed by atoms with Crippen LogP contribution in [0.3, 0.4) is 0 Å². The summed E-state index contributed by atoms with van der Waals surface area (Å²) in [5.41, 5.74) is 6.65. The van der Waals surface area contributed by atoms with Gasteiger partial charge >= 0.3 is 0 Å². The molecule has 0 aliphatic heterocycles. The molecule has 3 aromatic rings. The smallest absolute Gasteiger partial charge is 0.139 e. The van der Waals surface area contributed by atoms with Crippen LogP contribution < -0.4 is 10.1 Å². The normalized spacial score (nSPS) is 12.1. The van der Waals surface area contributed by atoms with Crippen LogP contribution in [0.15, 0.2) is 84.0 Å². The van der Waals surface area contributed by atoms with Crippen LogP contribution in [0.25, 0.3) is 11.1 Å². The Labute approximate surface area is 172 Å². The Kier molecular flexibility index (Phi) is 7.20. The predicted octanol–water partition coefficient (Wildman–Crippen LogP) is 5.42. The average molecular weight is 386 g/mol. The molecule has 0 aliphatic rings. The number of oxime groups is 1. The Morgan fingerprint density at radius 2 is 1.66 bits per heavy atom. The zero-order chi connectivity index (χ0) is 20.5. The Morgan fingerprint density at radius 3 is 2.31 bits per heavy atom. The fraction of sp³-hybridized carbons (Fsp3) is 0.160. The number of rotatable bonds is 8. The van der Waals surface area contributed by atoms with E-state index in [-0.39, 0.29) is 0 Å². The maximum atomic E-state index is 8.94. The van der Waals surface area contributed by atoms with Crippen molar-refractivity contribution in [1.82, 2.24) is 5.32 Å². The van der Waals surface area contributed by atoms with Gasteiger partial charge in [0, 0.05) is 0 Å². The molecule has 3 rings (SSSR count). The summed E-state index contributed by atoms with van der Waals surface area (Å²) in [5, 5.41) is 15.1. The van der Waals surface area contributed by atoms with E-state index in [9.17, 15) is 0 Å². The highest BCUT2D eigenvalue weighted by Gasteiger charge is 2.13. The van der Waals surface area contributed by atoms with Crippen LogP contribution in [-0.2, 0) is 0 Å². The molecule has 4 heteroatoms. The number of hydrogen-bond donors (Lipinski definition) is 2. The molecule has 148 valence electrons. The lowest BCUT2D eigenvalue weighted by Crippen LogP contribution is -2.13. The summed E-state index contributed by atoms with van der Waals surface area (Å²) in [5.74, 6) is 0.821. The summed E-state index contributed by atoms with van der Waals surface area (Å²) < 4.78 is 5.65. The van der Waals surface area contributed by atoms with Crippen molar-refractivity contribution >= 4 is 17.4 Å². The van der Waals surface area contributed by atoms with Crippen molar-refractivity contribution in [3.8, 4) is 5.75 Å². The number of allylic oxidation sites excluding steroid dienone is 1. The van der Waals surface area contributed by atoms with Crippen LogP contribution in [0.1, 0.15) is 35.6 Å². The Bertz CT molecular complexity index is 977. The highest BCUT2D eigenvalue weighted by Crippen LogP contribution is 2.35. The van der Waals surface area contributed by atoms with Crippen LogP contribution in [0.2, 0.25) is 0 Å². The molecule has 0 heterocycles. The molecule has 0 radical (unpaired) electrons. The lowest BCUT2D eigenvalue weighted by atomic mass is 9.87. The number of ether oxygens (including phenoxy) is 1. The van der Waals surface area contributed by atoms with E-state index in [1.807, 2.05) is 43.4 Å². The van der Waals surface area contributed by atoms with Crippen LogP contribution in [0.4, 0.5) is 0 Å². The van der Waals surface area contributed by atoms with E-state index in [0.29, 0.717) is 6.73 Å². The second kappa shape index (κ2) is 10.2. The topological polar surface area (TPSA) is 53.8 Å². The molecular formula is C25H26N2O2. The monoisotopic (exact) mass is 386 g/mol. The quantitative estimate of drug-likeness (QED) is 0.179. The highest BCUT2D eigenvalue weighted by atomic mass is 16.5. The molecular weight excluding hydrogens is 360 g/mol. The minimum atomic E-state index is 0.467. The van der Waals surface area contributed by atoms with Crippen molar-refractivity contribution < 1.29 is 9.94 Å². The van der Waals surface area contributed by atoms with Crippen LogP contribution in [0.5, 0.6) is 5.75 Å². The molecule has 3 aromatic carbocycles. The van der Waals surface area contributed by atoms with Gasteiger partial charge in [0.15, 0.2) is 0 Å². The Balaban J connectivity index is 2.16. The zero-order valence-electron chi connectivity index (χ0n) is 16.8. The van der Waals surface area contributed by atoms with Crippen LogP contribution in [0, 0.1) is 0 Å². The summed E-state index contributed by atoms with van der Waals surface area (Å²) in [6.07, 6.45) is 2.33. The first-order chi connectivity index (χ1) is 14.3. The molecule has 0 spiro atoms. The zero-order valence-corrected chi connectivity index (χ0v) is 16.8. The second-order valence-corrected chi connectivity index (χ2v) is 6.61. The standard InChI is InChI=1S/C25H26N2O2/c1-3-24(20-9-5-4-6-10-20)25(22-11-7-8-19(16-22)17-27-28)21-12-14-23(15-13-21)29-18-26-2/h4-17,26,28H,3,18H2,1-2H3/b25-24-,27-17+. The van der Waals surface area contributed by atoms with E-state index in [0.717, 1.165) is 34.4 Å². The summed E-state index contributed by atoms with van der Waals surface area (Å²) in [6, 6.07) is 26.6. The molecule has 0 unspecified atom stereocenters. The highest BCUT2D eigenvalue weighted by molar-refractivity contribution is 5.99. The van der Waals surface area contributed by atoms with Gasteiger partial charge in [-0.15, -0.1) is 0 Å². The van der Waals surface area contributed by atoms with Crippen molar-refractivity contribution in [3.05, 3.63) is 101 Å². The lowest BCUT2D eigenvalue weighted by molar-refractivity contribution is 0.296. The van der Waals surface area contributed by atoms with Gasteiger partial charge in [-0.1, -0.05) is 72.7 Å². The third kappa shape index (κ3) is 5.12. The summed E-state index contributed by atoms with van der Waals surface area (Å²) >= 11 is 0. The number of hydrogen-bond acceptors (Lipinski definition) is 4. The molecule has 0 fully saturated rings. The average Bonchev–Trinajstić information content (AvgIpc) is 2.77. The van der Waals surface area contributed by atoms with E-state index in [4.69, 9.17) is 9.94 Å². The molecule has 0 bridgehead atoms. The Hall–Kier alpha value is -3.37. The van der Waals surface area contributed by atoms with Crippen molar-refractivity contribution in [2.24, 2.45) is 5.16 Å². The minimum absolute atomic E-state index is 0.467. The van der Waals surface area contributed by atoms with Gasteiger partial charge in [-0.2, -0.15) is 0 Å². The number of nitrogens with zero attached hydrogens (tertiary/aromatic N) is 1. The molecule has 0 saturated heterocycles. The maximum absolute atomic E-state index is 8.94. The van der Waals surface area contributed by atoms with E-state index in [2.05, 4.69) is 59.9 Å². The summed E-state index contributed by atoms with van der Waals surface area (Å²) in [7, 11) is 1.85. The molecule has 0 aliphatic carbocycles. The van der Waals surface area contributed by atoms with E-state index < -0.39 is 0 Å². The van der Waals surface area contributed by atoms with E-state index >= 15 is 0 Å². The van der Waals surface area contributed by atoms with Crippen LogP contribution in [-0.4, -0.2) is 25.2 Å². The fourth-order valence-corrected chi connectivity index (χ4v) is 3.39. The van der Waals surface area contributed by atoms with Gasteiger partial charge in [-0.3, -0.25) is 5.32 Å². The molecule has 0 saturated carbocycles. The Morgan fingerprint density at radius 1 is 0.931 bits per heavy atom. The van der Waals surface area contributed by atoms with Gasteiger partial charge in [0.1, 0.15) is 12.5 Å². The maximum Gasteiger partial charge on any atom is 0.139 e. The summed E-state index contributed by atoms with van der Waals surface area (Å²) in [4.78, 5) is 0. The first-order valence-electron chi connectivity index (χ1n) is 9.71. The molecule has 4 nitrogen and oxygen atoms in total. The number of nitrogens with one attached hydrogen (secondary N) is 1. The van der Waals surface area contributed by atoms with Crippen molar-refractivity contribution in [3.63, 3.8) is 0 Å². The number of benzene rings is 3. The first-order valence-corrected chi connectivity index (χ1v) is 9.71. The van der Waals surface area contributed by atoms with Gasteiger partial charge in [0.25, 0.3) is 0 Å². The van der Waals surface area contributed by atoms with Crippen molar-refractivity contribution in [1.29, 1.82) is 0 Å². The fourth-order valence-electron chi connectivity index (χ4n) is 3.39. The minimum Gasteiger partial charge on any atom is -0.478 e. The largest absolute Gasteiger partial charge is 0.478 e. The van der Waals surface area contributed by atoms with E-state index in [1.165, 1.54) is 17.4 Å². The van der Waals surface area contributed by atoms with Crippen LogP contribution >= 0.6 is 0 Å². The summed E-state index contributed by atoms with van der Waals surface area (Å²) in [6.45, 7) is 2.64. The molecule has 0 atom stereocenters. The predicted molar refractivity (Wildman–Crippen MR) is 119 cm³/mol. The van der Waals surface area contributed by atoms with Gasteiger partial charge in [-0.25, -0.2) is 0 Å². The van der Waals surface area contributed by atoms with Gasteiger partial charge in [0.05, 0.1) is 6.21 Å². The van der Waals surface area contributed by atoms with Crippen molar-refractivity contribution in [2.45, 2.75) is 13.3 Å². The molecule has 0 aromatic heterocycles. The molecule has 0 amide bonds. The molecule has 2 N–H and O–H groups in total. The SMILES string of the molecule is CC/C(=C(\c1ccc(OCNC)cc1)c1cccc(/C=N/O)c1)c1ccccc1. The second-order valence-electron chi connectivity index (χ2n) is 6.61. The van der Waals surface area contributed by atoms with Gasteiger partial charge < -0.3 is 9.94 Å². The third-order valence-corrected chi connectivity index (χ3v) is 4.69. The lowest BCUT2D eigenvalue weighted by Gasteiger charge is -2.17. The molecule has 29 heavy (non-hydrogen) atoms.